The zero-order valence-corrected chi connectivity index (χ0v) is 19.2. The molecule has 0 atom stereocenters. The molecule has 1 saturated heterocycles. The van der Waals surface area contributed by atoms with Gasteiger partial charge in [-0.3, -0.25) is 4.99 Å². The molecule has 3 rings (SSSR count). The van der Waals surface area contributed by atoms with Crippen LogP contribution in [0.3, 0.4) is 0 Å². The lowest BCUT2D eigenvalue weighted by Gasteiger charge is -2.37. The first-order chi connectivity index (χ1) is 13.2. The fraction of sp³-hybridized carbons (Fsp3) is 0.429. The first kappa shape index (κ1) is 22.3. The number of hydrogen-bond acceptors (Lipinski definition) is 4. The fourth-order valence-electron chi connectivity index (χ4n) is 3.43. The number of methoxy groups -OCH3 is 1. The van der Waals surface area contributed by atoms with Crippen molar-refractivity contribution < 1.29 is 4.74 Å². The van der Waals surface area contributed by atoms with Crippen molar-refractivity contribution >= 4 is 35.8 Å². The van der Waals surface area contributed by atoms with Gasteiger partial charge in [-0.2, -0.15) is 0 Å². The number of aromatic nitrogens is 1. The number of piperazine rings is 1. The minimum absolute atomic E-state index is 0. The molecule has 2 aromatic rings. The van der Waals surface area contributed by atoms with Crippen LogP contribution in [-0.2, 0) is 6.42 Å². The third kappa shape index (κ3) is 5.73. The smallest absolute Gasteiger partial charge is 0.193 e. The molecule has 0 radical (unpaired) electrons. The van der Waals surface area contributed by atoms with E-state index < -0.39 is 0 Å². The van der Waals surface area contributed by atoms with E-state index in [-0.39, 0.29) is 24.0 Å². The lowest BCUT2D eigenvalue weighted by atomic mass is 10.1. The van der Waals surface area contributed by atoms with E-state index in [1.807, 2.05) is 31.4 Å². The molecule has 0 saturated carbocycles. The molecule has 0 bridgehead atoms. The molecule has 0 amide bonds. The predicted octanol–water partition coefficient (Wildman–Crippen LogP) is 2.96. The summed E-state index contributed by atoms with van der Waals surface area (Å²) >= 11 is 0. The molecule has 152 valence electrons. The number of halogens is 1. The second kappa shape index (κ2) is 11.1. The molecule has 1 aliphatic heterocycles. The van der Waals surface area contributed by atoms with E-state index in [4.69, 9.17) is 4.74 Å². The van der Waals surface area contributed by atoms with Gasteiger partial charge in [0.2, 0.25) is 0 Å². The molecule has 1 fully saturated rings. The van der Waals surface area contributed by atoms with Crippen molar-refractivity contribution in [3.8, 4) is 5.75 Å². The summed E-state index contributed by atoms with van der Waals surface area (Å²) in [6, 6.07) is 12.4. The molecular formula is C21H30IN5O. The van der Waals surface area contributed by atoms with Gasteiger partial charge in [0.05, 0.1) is 7.11 Å². The predicted molar refractivity (Wildman–Crippen MR) is 126 cm³/mol. The molecule has 6 nitrogen and oxygen atoms in total. The van der Waals surface area contributed by atoms with Crippen molar-refractivity contribution in [2.75, 3.05) is 51.8 Å². The number of pyridine rings is 1. The lowest BCUT2D eigenvalue weighted by molar-refractivity contribution is 0.371. The van der Waals surface area contributed by atoms with Gasteiger partial charge in [-0.15, -0.1) is 24.0 Å². The van der Waals surface area contributed by atoms with Gasteiger partial charge in [-0.25, -0.2) is 4.98 Å². The number of nitrogens with zero attached hydrogens (tertiary/aromatic N) is 4. The maximum Gasteiger partial charge on any atom is 0.193 e. The quantitative estimate of drug-likeness (QED) is 0.393. The van der Waals surface area contributed by atoms with E-state index in [0.29, 0.717) is 0 Å². The first-order valence-electron chi connectivity index (χ1n) is 9.46. The number of nitrogens with one attached hydrogen (secondary N) is 1. The van der Waals surface area contributed by atoms with Crippen molar-refractivity contribution in [3.05, 3.63) is 53.7 Å². The number of benzene rings is 1. The largest absolute Gasteiger partial charge is 0.496 e. The van der Waals surface area contributed by atoms with E-state index in [1.165, 1.54) is 11.1 Å². The van der Waals surface area contributed by atoms with E-state index in [0.717, 1.165) is 56.7 Å². The molecular weight excluding hydrogens is 465 g/mol. The maximum atomic E-state index is 5.47. The molecule has 1 aromatic carbocycles. The summed E-state index contributed by atoms with van der Waals surface area (Å²) in [5, 5.41) is 3.50. The summed E-state index contributed by atoms with van der Waals surface area (Å²) in [5.74, 6) is 2.95. The Morgan fingerprint density at radius 1 is 1.18 bits per heavy atom. The van der Waals surface area contributed by atoms with Crippen molar-refractivity contribution in [3.63, 3.8) is 0 Å². The number of ether oxygens (including phenoxy) is 1. The van der Waals surface area contributed by atoms with Gasteiger partial charge >= 0.3 is 0 Å². The maximum absolute atomic E-state index is 5.47. The Bertz CT molecular complexity index is 761. The lowest BCUT2D eigenvalue weighted by Crippen LogP contribution is -2.53. The Hall–Kier alpha value is -2.03. The van der Waals surface area contributed by atoms with E-state index >= 15 is 0 Å². The van der Waals surface area contributed by atoms with Crippen molar-refractivity contribution in [2.45, 2.75) is 13.3 Å². The van der Waals surface area contributed by atoms with Crippen molar-refractivity contribution in [1.29, 1.82) is 0 Å². The number of aliphatic imine (C=N–C) groups is 1. The van der Waals surface area contributed by atoms with E-state index in [1.54, 1.807) is 7.11 Å². The highest BCUT2D eigenvalue weighted by Crippen LogP contribution is 2.20. The van der Waals surface area contributed by atoms with Crippen molar-refractivity contribution in [2.24, 2.45) is 4.99 Å². The highest BCUT2D eigenvalue weighted by molar-refractivity contribution is 14.0. The molecule has 1 N–H and O–H groups in total. The number of rotatable bonds is 5. The Morgan fingerprint density at radius 2 is 1.96 bits per heavy atom. The number of aryl methyl sites for hydroxylation is 1. The normalized spacial score (nSPS) is 14.5. The average molecular weight is 495 g/mol. The van der Waals surface area contributed by atoms with Gasteiger partial charge < -0.3 is 19.9 Å². The van der Waals surface area contributed by atoms with Gasteiger partial charge in [-0.1, -0.05) is 23.8 Å². The summed E-state index contributed by atoms with van der Waals surface area (Å²) in [6.07, 6.45) is 2.75. The van der Waals surface area contributed by atoms with Crippen LogP contribution in [0.2, 0.25) is 0 Å². The summed E-state index contributed by atoms with van der Waals surface area (Å²) in [7, 11) is 3.57. The van der Waals surface area contributed by atoms with Crippen LogP contribution in [0.5, 0.6) is 5.75 Å². The summed E-state index contributed by atoms with van der Waals surface area (Å²) < 4.78 is 5.47. The molecule has 0 spiro atoms. The summed E-state index contributed by atoms with van der Waals surface area (Å²) in [4.78, 5) is 13.5. The van der Waals surface area contributed by atoms with Gasteiger partial charge in [0.1, 0.15) is 11.6 Å². The zero-order valence-electron chi connectivity index (χ0n) is 16.9. The topological polar surface area (TPSA) is 53.0 Å². The van der Waals surface area contributed by atoms with Crippen LogP contribution in [0.1, 0.15) is 11.1 Å². The van der Waals surface area contributed by atoms with Gasteiger partial charge in [0.25, 0.3) is 0 Å². The molecule has 0 unspecified atom stereocenters. The second-order valence-corrected chi connectivity index (χ2v) is 6.70. The molecule has 28 heavy (non-hydrogen) atoms. The minimum Gasteiger partial charge on any atom is -0.496 e. The van der Waals surface area contributed by atoms with Crippen LogP contribution in [0, 0.1) is 6.92 Å². The summed E-state index contributed by atoms with van der Waals surface area (Å²) in [6.45, 7) is 6.70. The Labute approximate surface area is 185 Å². The van der Waals surface area contributed by atoms with Crippen LogP contribution in [0.15, 0.2) is 47.6 Å². The zero-order chi connectivity index (χ0) is 19.1. The number of hydrogen-bond donors (Lipinski definition) is 1. The van der Waals surface area contributed by atoms with Gasteiger partial charge in [0, 0.05) is 46.0 Å². The van der Waals surface area contributed by atoms with Crippen molar-refractivity contribution in [1.82, 2.24) is 15.2 Å². The van der Waals surface area contributed by atoms with Crippen LogP contribution in [0.25, 0.3) is 0 Å². The van der Waals surface area contributed by atoms with Gasteiger partial charge in [0.15, 0.2) is 5.96 Å². The minimum atomic E-state index is 0. The molecule has 0 aliphatic carbocycles. The van der Waals surface area contributed by atoms with Gasteiger partial charge in [-0.05, 0) is 37.1 Å². The summed E-state index contributed by atoms with van der Waals surface area (Å²) in [5.41, 5.74) is 2.47. The second-order valence-electron chi connectivity index (χ2n) is 6.70. The highest BCUT2D eigenvalue weighted by atomic mass is 127. The Kier molecular flexibility index (Phi) is 8.82. The SMILES string of the molecule is CN=C(NCCc1cc(C)ccc1OC)N1CCN(c2ccccn2)CC1.I. The standard InChI is InChI=1S/C21H29N5O.HI/c1-17-7-8-19(27-3)18(16-17)9-11-24-21(22-2)26-14-12-25(13-15-26)20-6-4-5-10-23-20;/h4-8,10,16H,9,11-15H2,1-3H3,(H,22,24);1H. The fourth-order valence-corrected chi connectivity index (χ4v) is 3.43. The molecule has 7 heteroatoms. The first-order valence-corrected chi connectivity index (χ1v) is 9.46. The monoisotopic (exact) mass is 495 g/mol. The average Bonchev–Trinajstić information content (AvgIpc) is 2.72. The third-order valence-electron chi connectivity index (χ3n) is 4.88. The Morgan fingerprint density at radius 3 is 2.61 bits per heavy atom. The van der Waals surface area contributed by atoms with E-state index in [9.17, 15) is 0 Å². The number of guanidine groups is 1. The number of anilines is 1. The van der Waals surface area contributed by atoms with E-state index in [2.05, 4.69) is 50.2 Å². The molecule has 2 heterocycles. The molecule has 1 aromatic heterocycles. The highest BCUT2D eigenvalue weighted by Gasteiger charge is 2.20. The van der Waals surface area contributed by atoms with Crippen LogP contribution in [0.4, 0.5) is 5.82 Å². The van der Waals surface area contributed by atoms with Crippen LogP contribution < -0.4 is 15.0 Å². The Balaban J connectivity index is 0.00000280. The van der Waals surface area contributed by atoms with Crippen LogP contribution in [-0.4, -0.2) is 62.7 Å². The third-order valence-corrected chi connectivity index (χ3v) is 4.88. The van der Waals surface area contributed by atoms with Crippen LogP contribution >= 0.6 is 24.0 Å². The molecule has 1 aliphatic rings.